The van der Waals surface area contributed by atoms with Gasteiger partial charge in [-0.3, -0.25) is 13.2 Å². The monoisotopic (exact) mass is 306 g/mol. The lowest BCUT2D eigenvalue weighted by Crippen LogP contribution is -1.49. The number of hydrogen-bond donors (Lipinski definition) is 0. The van der Waals surface area contributed by atoms with E-state index in [9.17, 15) is 4.57 Å². The van der Waals surface area contributed by atoms with E-state index < -0.39 is 8.25 Å². The maximum atomic E-state index is 9.88. The predicted molar refractivity (Wildman–Crippen MR) is 51.2 cm³/mol. The molecule has 0 spiro atoms. The minimum absolute atomic E-state index is 0. The number of hydrogen-bond acceptors (Lipinski definition) is 3. The summed E-state index contributed by atoms with van der Waals surface area (Å²) in [5.74, 6) is 0. The summed E-state index contributed by atoms with van der Waals surface area (Å²) in [7, 11) is 1.47. The van der Waals surface area contributed by atoms with E-state index in [1.54, 1.807) is 0 Å². The quantitative estimate of drug-likeness (QED) is 0.733. The van der Waals surface area contributed by atoms with Gasteiger partial charge in [0, 0.05) is 18.9 Å². The van der Waals surface area contributed by atoms with Gasteiger partial charge in [-0.2, -0.15) is 0 Å². The molecule has 0 saturated carbocycles. The van der Waals surface area contributed by atoms with Crippen LogP contribution in [-0.4, -0.2) is 0 Å². The lowest BCUT2D eigenvalue weighted by molar-refractivity contribution is 0.461. The fraction of sp³-hybridized carbons (Fsp3) is 0. The molecule has 0 aliphatic rings. The van der Waals surface area contributed by atoms with Crippen molar-refractivity contribution >= 4 is 61.2 Å². The first-order valence-corrected chi connectivity index (χ1v) is 3.25. The smallest absolute Gasteiger partial charge is 0.294 e. The Labute approximate surface area is 74.3 Å². The first kappa shape index (κ1) is 16.5. The molecule has 0 N–H and O–H groups in total. The van der Waals surface area contributed by atoms with E-state index in [0.29, 0.717) is 0 Å². The third kappa shape index (κ3) is 10.9. The summed E-state index contributed by atoms with van der Waals surface area (Å²) in [5.41, 5.74) is 0. The molecule has 0 heterocycles. The highest BCUT2D eigenvalue weighted by atomic mass is 79.9. The van der Waals surface area contributed by atoms with Gasteiger partial charge < -0.3 is 0 Å². The van der Waals surface area contributed by atoms with Gasteiger partial charge in [-0.05, 0) is 0 Å². The van der Waals surface area contributed by atoms with Crippen LogP contribution in [-0.2, 0) is 13.2 Å². The Morgan fingerprint density at radius 2 is 1.38 bits per heavy atom. The largest absolute Gasteiger partial charge is 0.324 e. The zero-order chi connectivity index (χ0) is 4.99. The van der Waals surface area contributed by atoms with Crippen molar-refractivity contribution in [1.29, 1.82) is 0 Å². The van der Waals surface area contributed by atoms with Gasteiger partial charge in [-0.15, -0.1) is 34.0 Å². The van der Waals surface area contributed by atoms with Crippen LogP contribution >= 0.6 is 61.2 Å². The number of halogens is 2. The molecule has 0 saturated heterocycles. The molecule has 0 fully saturated rings. The van der Waals surface area contributed by atoms with Crippen molar-refractivity contribution in [3.8, 4) is 0 Å². The molecule has 0 aromatic rings. The second-order valence-corrected chi connectivity index (χ2v) is 2.87. The van der Waals surface area contributed by atoms with Gasteiger partial charge in [0.15, 0.2) is 0 Å². The Morgan fingerprint density at radius 1 is 1.12 bits per heavy atom. The van der Waals surface area contributed by atoms with E-state index in [1.165, 1.54) is 0 Å². The van der Waals surface area contributed by atoms with Gasteiger partial charge in [-0.25, -0.2) is 0 Å². The summed E-state index contributed by atoms with van der Waals surface area (Å²) in [6.45, 7) is 0. The lowest BCUT2D eigenvalue weighted by atomic mass is 15.8. The maximum Gasteiger partial charge on any atom is 0.324 e. The molecule has 2 unspecified atom stereocenters. The highest BCUT2D eigenvalue weighted by Gasteiger charge is 1.83. The Bertz CT molecular complexity index is 50.5. The van der Waals surface area contributed by atoms with E-state index in [0.717, 1.165) is 0 Å². The first-order chi connectivity index (χ1) is 2.81. The summed E-state index contributed by atoms with van der Waals surface area (Å²) < 4.78 is 18.1. The van der Waals surface area contributed by atoms with Gasteiger partial charge >= 0.3 is 8.25 Å². The van der Waals surface area contributed by atoms with Crippen LogP contribution in [0.25, 0.3) is 0 Å². The van der Waals surface area contributed by atoms with E-state index >= 15 is 0 Å². The van der Waals surface area contributed by atoms with Crippen LogP contribution in [0.15, 0.2) is 0 Å². The maximum absolute atomic E-state index is 9.88. The van der Waals surface area contributed by atoms with Crippen LogP contribution in [0.1, 0.15) is 0 Å². The summed E-state index contributed by atoms with van der Waals surface area (Å²) in [5, 5.41) is 0. The average molecular weight is 308 g/mol. The summed E-state index contributed by atoms with van der Waals surface area (Å²) >= 11 is 0. The zero-order valence-electron chi connectivity index (χ0n) is 3.70. The minimum Gasteiger partial charge on any atom is -0.294 e. The van der Waals surface area contributed by atoms with Crippen LogP contribution in [0.2, 0.25) is 0 Å². The van der Waals surface area contributed by atoms with Crippen molar-refractivity contribution in [1.82, 2.24) is 0 Å². The molecule has 8 heteroatoms. The van der Waals surface area contributed by atoms with Crippen molar-refractivity contribution in [3.05, 3.63) is 0 Å². The standard InChI is InChI=1S/2BrH.H5O3P3/c;;1-6(2-4)3-5/h2*1H;6H,4-5H2. The second kappa shape index (κ2) is 11.7. The number of rotatable bonds is 2. The Balaban J connectivity index is -0.000000125. The average Bonchev–Trinajstić information content (AvgIpc) is 1.65. The van der Waals surface area contributed by atoms with Crippen molar-refractivity contribution < 1.29 is 13.2 Å². The topological polar surface area (TPSA) is 35.5 Å². The van der Waals surface area contributed by atoms with E-state index in [1.807, 2.05) is 18.9 Å². The second-order valence-electron chi connectivity index (χ2n) is 0.486. The van der Waals surface area contributed by atoms with Crippen molar-refractivity contribution in [2.24, 2.45) is 0 Å². The molecule has 0 aliphatic carbocycles. The Hall–Kier alpha value is 1.97. The van der Waals surface area contributed by atoms with Gasteiger partial charge in [0.2, 0.25) is 0 Å². The van der Waals surface area contributed by atoms with E-state index in [-0.39, 0.29) is 34.0 Å². The fourth-order valence-corrected chi connectivity index (χ4v) is 0.750. The molecule has 0 amide bonds. The highest BCUT2D eigenvalue weighted by molar-refractivity contribution is 8.93. The molecule has 0 bridgehead atoms. The molecule has 0 aliphatic heterocycles. The predicted octanol–water partition coefficient (Wildman–Crippen LogP) is 2.15. The molecule has 8 heavy (non-hydrogen) atoms. The molecular formula is H7Br2O3P3. The SMILES string of the molecule is Br.Br.O=[PH](OP)OP. The van der Waals surface area contributed by atoms with Gasteiger partial charge in [0.1, 0.15) is 0 Å². The first-order valence-electron chi connectivity index (χ1n) is 1.08. The van der Waals surface area contributed by atoms with Crippen molar-refractivity contribution in [3.63, 3.8) is 0 Å². The van der Waals surface area contributed by atoms with E-state index in [4.69, 9.17) is 0 Å². The third-order valence-electron chi connectivity index (χ3n) is 0.192. The van der Waals surface area contributed by atoms with Gasteiger partial charge in [0.05, 0.1) is 0 Å². The summed E-state index contributed by atoms with van der Waals surface area (Å²) in [6.07, 6.45) is 0. The normalized spacial score (nSPS) is 7.38. The van der Waals surface area contributed by atoms with Crippen molar-refractivity contribution in [2.45, 2.75) is 0 Å². The van der Waals surface area contributed by atoms with Crippen LogP contribution in [0.3, 0.4) is 0 Å². The van der Waals surface area contributed by atoms with Gasteiger partial charge in [-0.1, -0.05) is 0 Å². The summed E-state index contributed by atoms with van der Waals surface area (Å²) in [6, 6.07) is 0. The van der Waals surface area contributed by atoms with Crippen LogP contribution in [0, 0.1) is 0 Å². The molecule has 0 aromatic carbocycles. The third-order valence-corrected chi connectivity index (χ3v) is 1.73. The molecule has 0 rings (SSSR count). The van der Waals surface area contributed by atoms with Crippen LogP contribution in [0.5, 0.6) is 0 Å². The molecular weight excluding hydrogens is 301 g/mol. The van der Waals surface area contributed by atoms with Crippen LogP contribution in [0.4, 0.5) is 0 Å². The minimum atomic E-state index is -2.19. The molecule has 2 atom stereocenters. The molecule has 0 aromatic heterocycles. The molecule has 0 radical (unpaired) electrons. The summed E-state index contributed by atoms with van der Waals surface area (Å²) in [4.78, 5) is 0. The fourth-order valence-electron chi connectivity index (χ4n) is 0.0278. The zero-order valence-corrected chi connectivity index (χ0v) is 10.4. The molecule has 54 valence electrons. The highest BCUT2D eigenvalue weighted by Crippen LogP contribution is 2.29. The van der Waals surface area contributed by atoms with Crippen molar-refractivity contribution in [2.75, 3.05) is 0 Å². The lowest BCUT2D eigenvalue weighted by Gasteiger charge is -1.88. The van der Waals surface area contributed by atoms with Crippen LogP contribution < -0.4 is 0 Å². The van der Waals surface area contributed by atoms with Gasteiger partial charge in [0.25, 0.3) is 0 Å². The molecule has 3 nitrogen and oxygen atoms in total. The Kier molecular flexibility index (Phi) is 24.2. The van der Waals surface area contributed by atoms with E-state index in [2.05, 4.69) is 8.62 Å². The Morgan fingerprint density at radius 3 is 1.38 bits per heavy atom.